The second-order valence-corrected chi connectivity index (χ2v) is 11.0. The number of fused-ring (bicyclic) bond motifs is 1. The van der Waals surface area contributed by atoms with Crippen LogP contribution in [0.15, 0.2) is 101 Å². The Morgan fingerprint density at radius 3 is 2.12 bits per heavy atom. The maximum Gasteiger partial charge on any atom is 0.272 e. The summed E-state index contributed by atoms with van der Waals surface area (Å²) in [5.74, 6) is 0.865. The van der Waals surface area contributed by atoms with E-state index >= 15 is 0 Å². The van der Waals surface area contributed by atoms with Crippen molar-refractivity contribution in [1.29, 1.82) is 0 Å². The van der Waals surface area contributed by atoms with Crippen molar-refractivity contribution in [2.75, 3.05) is 12.4 Å². The van der Waals surface area contributed by atoms with Gasteiger partial charge in [0.15, 0.2) is 5.75 Å². The lowest BCUT2D eigenvalue weighted by Gasteiger charge is -2.26. The van der Waals surface area contributed by atoms with Crippen LogP contribution in [0.4, 0.5) is 11.4 Å². The van der Waals surface area contributed by atoms with Crippen LogP contribution in [0.3, 0.4) is 0 Å². The molecule has 0 saturated carbocycles. The molecule has 0 spiro atoms. The van der Waals surface area contributed by atoms with Crippen LogP contribution in [0.2, 0.25) is 0 Å². The SMILES string of the molecule is COc1ccc(C(N[C@H](C)c2ccc3ccccc3c2)c2cccc(Nc3c(OC(C)(C)C)c(=O)c3=O)c2)cc1. The topological polar surface area (TPSA) is 76.7 Å². The minimum Gasteiger partial charge on any atom is -0.497 e. The predicted molar refractivity (Wildman–Crippen MR) is 162 cm³/mol. The molecule has 2 N–H and O–H groups in total. The molecule has 0 aliphatic heterocycles. The molecular weight excluding hydrogens is 500 g/mol. The van der Waals surface area contributed by atoms with Gasteiger partial charge in [-0.2, -0.15) is 0 Å². The highest BCUT2D eigenvalue weighted by molar-refractivity contribution is 5.83. The summed E-state index contributed by atoms with van der Waals surface area (Å²) < 4.78 is 11.1. The highest BCUT2D eigenvalue weighted by Crippen LogP contribution is 2.32. The summed E-state index contributed by atoms with van der Waals surface area (Å²) in [6.45, 7) is 7.69. The lowest BCUT2D eigenvalue weighted by molar-refractivity contribution is 0.128. The largest absolute Gasteiger partial charge is 0.497 e. The number of rotatable bonds is 9. The number of anilines is 2. The van der Waals surface area contributed by atoms with Gasteiger partial charge in [0, 0.05) is 11.7 Å². The van der Waals surface area contributed by atoms with E-state index in [1.54, 1.807) is 7.11 Å². The Morgan fingerprint density at radius 2 is 1.43 bits per heavy atom. The molecule has 6 heteroatoms. The van der Waals surface area contributed by atoms with Crippen LogP contribution < -0.4 is 31.0 Å². The molecule has 40 heavy (non-hydrogen) atoms. The van der Waals surface area contributed by atoms with Gasteiger partial charge in [-0.25, -0.2) is 0 Å². The van der Waals surface area contributed by atoms with E-state index in [0.29, 0.717) is 5.69 Å². The Morgan fingerprint density at radius 1 is 0.725 bits per heavy atom. The van der Waals surface area contributed by atoms with Crippen molar-refractivity contribution in [1.82, 2.24) is 5.32 Å². The van der Waals surface area contributed by atoms with Gasteiger partial charge in [-0.1, -0.05) is 60.7 Å². The summed E-state index contributed by atoms with van der Waals surface area (Å²) >= 11 is 0. The number of hydrogen-bond acceptors (Lipinski definition) is 6. The molecule has 0 amide bonds. The molecule has 5 rings (SSSR count). The van der Waals surface area contributed by atoms with E-state index in [9.17, 15) is 9.59 Å². The second kappa shape index (κ2) is 11.0. The minimum absolute atomic E-state index is 0.0358. The third kappa shape index (κ3) is 5.77. The van der Waals surface area contributed by atoms with Crippen LogP contribution in [0, 0.1) is 0 Å². The molecule has 0 fully saturated rings. The van der Waals surface area contributed by atoms with Crippen LogP contribution in [0.25, 0.3) is 10.8 Å². The van der Waals surface area contributed by atoms with E-state index in [4.69, 9.17) is 9.47 Å². The molecule has 5 aromatic rings. The highest BCUT2D eigenvalue weighted by Gasteiger charge is 2.27. The average Bonchev–Trinajstić information content (AvgIpc) is 2.96. The maximum atomic E-state index is 12.4. The number of methoxy groups -OCH3 is 1. The first-order valence-corrected chi connectivity index (χ1v) is 13.4. The molecule has 1 unspecified atom stereocenters. The molecule has 0 radical (unpaired) electrons. The van der Waals surface area contributed by atoms with Crippen molar-refractivity contribution in [2.24, 2.45) is 0 Å². The molecule has 0 aliphatic rings. The van der Waals surface area contributed by atoms with E-state index in [0.717, 1.165) is 16.9 Å². The molecule has 2 atom stereocenters. The van der Waals surface area contributed by atoms with Gasteiger partial charge in [-0.15, -0.1) is 0 Å². The first-order chi connectivity index (χ1) is 19.1. The number of ether oxygens (including phenoxy) is 2. The number of benzene rings is 4. The number of hydrogen-bond donors (Lipinski definition) is 2. The van der Waals surface area contributed by atoms with E-state index in [2.05, 4.69) is 72.2 Å². The third-order valence-electron chi connectivity index (χ3n) is 6.90. The van der Waals surface area contributed by atoms with Crippen molar-refractivity contribution in [3.63, 3.8) is 0 Å². The standard InChI is InChI=1S/C34H34N2O4/c1-21(24-14-13-22-9-6-7-10-25(22)19-24)35-29(23-15-17-28(39-5)18-16-23)26-11-8-12-27(20-26)36-30-31(37)32(38)33(30)40-34(2,3)4/h6-21,29,35-36H,1-5H3/t21-,29?/m1/s1. The molecule has 204 valence electrons. The van der Waals surface area contributed by atoms with Crippen molar-refractivity contribution < 1.29 is 9.47 Å². The van der Waals surface area contributed by atoms with Crippen molar-refractivity contribution in [3.8, 4) is 11.5 Å². The zero-order valence-corrected chi connectivity index (χ0v) is 23.4. The number of nitrogens with one attached hydrogen (secondary N) is 2. The fourth-order valence-electron chi connectivity index (χ4n) is 4.83. The van der Waals surface area contributed by atoms with Gasteiger partial charge < -0.3 is 14.8 Å². The van der Waals surface area contributed by atoms with Crippen LogP contribution in [-0.4, -0.2) is 12.7 Å². The van der Waals surface area contributed by atoms with Crippen LogP contribution in [0.1, 0.15) is 56.5 Å². The van der Waals surface area contributed by atoms with Gasteiger partial charge in [0.05, 0.1) is 13.2 Å². The molecule has 0 aromatic heterocycles. The Kier molecular flexibility index (Phi) is 7.46. The minimum atomic E-state index is -0.601. The lowest BCUT2D eigenvalue weighted by atomic mass is 9.95. The lowest BCUT2D eigenvalue weighted by Crippen LogP contribution is -2.39. The Bertz CT molecular complexity index is 1710. The molecular formula is C34H34N2O4. The van der Waals surface area contributed by atoms with Gasteiger partial charge in [0.2, 0.25) is 0 Å². The fraction of sp³-hybridized carbons (Fsp3) is 0.235. The third-order valence-corrected chi connectivity index (χ3v) is 6.90. The predicted octanol–water partition coefficient (Wildman–Crippen LogP) is 6.81. The summed E-state index contributed by atoms with van der Waals surface area (Å²) in [5.41, 5.74) is 2.37. The normalized spacial score (nSPS) is 13.2. The van der Waals surface area contributed by atoms with Gasteiger partial charge in [0.25, 0.3) is 10.9 Å². The second-order valence-electron chi connectivity index (χ2n) is 11.0. The monoisotopic (exact) mass is 534 g/mol. The van der Waals surface area contributed by atoms with Crippen LogP contribution >= 0.6 is 0 Å². The van der Waals surface area contributed by atoms with Gasteiger partial charge in [-0.3, -0.25) is 14.9 Å². The summed E-state index contributed by atoms with van der Waals surface area (Å²) in [6, 6.07) is 30.6. The average molecular weight is 535 g/mol. The molecule has 5 aromatic carbocycles. The first kappa shape index (κ1) is 27.2. The Hall–Kier alpha value is -4.42. The van der Waals surface area contributed by atoms with Gasteiger partial charge in [0.1, 0.15) is 17.0 Å². The van der Waals surface area contributed by atoms with E-state index in [-0.39, 0.29) is 23.5 Å². The van der Waals surface area contributed by atoms with Crippen LogP contribution in [0.5, 0.6) is 11.5 Å². The van der Waals surface area contributed by atoms with Crippen molar-refractivity contribution >= 4 is 22.1 Å². The van der Waals surface area contributed by atoms with E-state index < -0.39 is 16.5 Å². The quantitative estimate of drug-likeness (QED) is 0.203. The van der Waals surface area contributed by atoms with Crippen LogP contribution in [-0.2, 0) is 0 Å². The fourth-order valence-corrected chi connectivity index (χ4v) is 4.83. The van der Waals surface area contributed by atoms with E-state index in [1.165, 1.54) is 16.3 Å². The summed E-state index contributed by atoms with van der Waals surface area (Å²) in [5, 5.41) is 9.35. The van der Waals surface area contributed by atoms with Gasteiger partial charge in [-0.05, 0) is 85.5 Å². The Labute approximate surface area is 234 Å². The summed E-state index contributed by atoms with van der Waals surface area (Å²) in [7, 11) is 1.65. The van der Waals surface area contributed by atoms with Gasteiger partial charge >= 0.3 is 0 Å². The molecule has 0 aliphatic carbocycles. The summed E-state index contributed by atoms with van der Waals surface area (Å²) in [6.07, 6.45) is 0. The molecule has 0 saturated heterocycles. The zero-order valence-electron chi connectivity index (χ0n) is 23.4. The zero-order chi connectivity index (χ0) is 28.4. The smallest absolute Gasteiger partial charge is 0.272 e. The first-order valence-electron chi connectivity index (χ1n) is 13.4. The molecule has 6 nitrogen and oxygen atoms in total. The molecule has 0 bridgehead atoms. The molecule has 0 heterocycles. The Balaban J connectivity index is 1.47. The van der Waals surface area contributed by atoms with Crippen molar-refractivity contribution in [2.45, 2.75) is 45.4 Å². The maximum absolute atomic E-state index is 12.4. The summed E-state index contributed by atoms with van der Waals surface area (Å²) in [4.78, 5) is 24.6. The highest BCUT2D eigenvalue weighted by atomic mass is 16.5. The van der Waals surface area contributed by atoms with E-state index in [1.807, 2.05) is 57.2 Å². The van der Waals surface area contributed by atoms with Crippen molar-refractivity contribution in [3.05, 3.63) is 128 Å².